The van der Waals surface area contributed by atoms with Gasteiger partial charge in [-0.3, -0.25) is 4.68 Å². The van der Waals surface area contributed by atoms with Gasteiger partial charge in [0.25, 0.3) is 0 Å². The minimum atomic E-state index is -0.423. The van der Waals surface area contributed by atoms with Crippen LogP contribution >= 0.6 is 0 Å². The first-order chi connectivity index (χ1) is 8.74. The first kappa shape index (κ1) is 12.1. The average Bonchev–Trinajstić information content (AvgIpc) is 2.86. The van der Waals surface area contributed by atoms with Crippen molar-refractivity contribution in [2.75, 3.05) is 12.4 Å². The Morgan fingerprint density at radius 3 is 3.06 bits per heavy atom. The summed E-state index contributed by atoms with van der Waals surface area (Å²) in [5.41, 5.74) is 1.17. The van der Waals surface area contributed by atoms with E-state index in [-0.39, 0.29) is 0 Å². The standard InChI is InChI=1S/C12H14N4O2/c1-3-16-8-9(7-14-16)15-11-10(12(17)18-2)5-4-6-13-11/h4-8H,3H2,1-2H3,(H,13,15). The van der Waals surface area contributed by atoms with E-state index < -0.39 is 5.97 Å². The highest BCUT2D eigenvalue weighted by atomic mass is 16.5. The predicted octanol–water partition coefficient (Wildman–Crippen LogP) is 1.83. The van der Waals surface area contributed by atoms with Crippen LogP contribution in [0.5, 0.6) is 0 Å². The van der Waals surface area contributed by atoms with Crippen molar-refractivity contribution >= 4 is 17.5 Å². The number of anilines is 2. The van der Waals surface area contributed by atoms with Crippen LogP contribution in [0.4, 0.5) is 11.5 Å². The Morgan fingerprint density at radius 2 is 2.39 bits per heavy atom. The molecule has 1 N–H and O–H groups in total. The predicted molar refractivity (Wildman–Crippen MR) is 66.8 cm³/mol. The minimum Gasteiger partial charge on any atom is -0.465 e. The Bertz CT molecular complexity index is 551. The highest BCUT2D eigenvalue weighted by Gasteiger charge is 2.12. The fraction of sp³-hybridized carbons (Fsp3) is 0.250. The van der Waals surface area contributed by atoms with E-state index in [1.165, 1.54) is 7.11 Å². The second-order valence-electron chi connectivity index (χ2n) is 3.60. The summed E-state index contributed by atoms with van der Waals surface area (Å²) in [5.74, 6) is 0.0356. The Balaban J connectivity index is 2.25. The first-order valence-electron chi connectivity index (χ1n) is 5.57. The number of hydrogen-bond donors (Lipinski definition) is 1. The van der Waals surface area contributed by atoms with Crippen molar-refractivity contribution in [1.29, 1.82) is 0 Å². The molecule has 18 heavy (non-hydrogen) atoms. The Hall–Kier alpha value is -2.37. The van der Waals surface area contributed by atoms with Gasteiger partial charge >= 0.3 is 5.97 Å². The third-order valence-corrected chi connectivity index (χ3v) is 2.43. The Morgan fingerprint density at radius 1 is 1.56 bits per heavy atom. The van der Waals surface area contributed by atoms with Gasteiger partial charge in [0.15, 0.2) is 0 Å². The summed E-state index contributed by atoms with van der Waals surface area (Å²) in [7, 11) is 1.34. The SMILES string of the molecule is CCn1cc(Nc2ncccc2C(=O)OC)cn1. The molecule has 0 saturated carbocycles. The zero-order valence-corrected chi connectivity index (χ0v) is 10.3. The van der Waals surface area contributed by atoms with Crippen LogP contribution in [0.3, 0.4) is 0 Å². The molecule has 0 aromatic carbocycles. The molecule has 94 valence electrons. The molecule has 0 spiro atoms. The molecule has 0 saturated heterocycles. The molecule has 0 bridgehead atoms. The van der Waals surface area contributed by atoms with Gasteiger partial charge in [-0.2, -0.15) is 5.10 Å². The number of carbonyl (C=O) groups is 1. The maximum Gasteiger partial charge on any atom is 0.341 e. The zero-order chi connectivity index (χ0) is 13.0. The quantitative estimate of drug-likeness (QED) is 0.833. The van der Waals surface area contributed by atoms with Gasteiger partial charge in [-0.15, -0.1) is 0 Å². The molecule has 0 aliphatic rings. The van der Waals surface area contributed by atoms with Gasteiger partial charge in [-0.1, -0.05) is 0 Å². The summed E-state index contributed by atoms with van der Waals surface area (Å²) in [4.78, 5) is 15.7. The van der Waals surface area contributed by atoms with Crippen molar-refractivity contribution in [3.8, 4) is 0 Å². The van der Waals surface area contributed by atoms with E-state index in [2.05, 4.69) is 15.4 Å². The monoisotopic (exact) mass is 246 g/mol. The number of methoxy groups -OCH3 is 1. The number of nitrogens with one attached hydrogen (secondary N) is 1. The summed E-state index contributed by atoms with van der Waals surface area (Å²) in [5, 5.41) is 7.18. The fourth-order valence-corrected chi connectivity index (χ4v) is 1.52. The second-order valence-corrected chi connectivity index (χ2v) is 3.60. The van der Waals surface area contributed by atoms with E-state index in [9.17, 15) is 4.79 Å². The molecular weight excluding hydrogens is 232 g/mol. The number of rotatable bonds is 4. The van der Waals surface area contributed by atoms with Gasteiger partial charge < -0.3 is 10.1 Å². The molecule has 6 nitrogen and oxygen atoms in total. The van der Waals surface area contributed by atoms with Crippen LogP contribution in [0.2, 0.25) is 0 Å². The van der Waals surface area contributed by atoms with Gasteiger partial charge in [0.05, 0.1) is 19.0 Å². The lowest BCUT2D eigenvalue weighted by Gasteiger charge is -2.07. The number of hydrogen-bond acceptors (Lipinski definition) is 5. The van der Waals surface area contributed by atoms with E-state index in [1.54, 1.807) is 29.2 Å². The average molecular weight is 246 g/mol. The van der Waals surface area contributed by atoms with E-state index in [0.29, 0.717) is 11.4 Å². The van der Waals surface area contributed by atoms with E-state index in [0.717, 1.165) is 12.2 Å². The summed E-state index contributed by atoms with van der Waals surface area (Å²) < 4.78 is 6.48. The number of pyridine rings is 1. The van der Waals surface area contributed by atoms with E-state index >= 15 is 0 Å². The van der Waals surface area contributed by atoms with Crippen molar-refractivity contribution in [3.05, 3.63) is 36.3 Å². The topological polar surface area (TPSA) is 69.0 Å². The molecule has 0 radical (unpaired) electrons. The van der Waals surface area contributed by atoms with Crippen molar-refractivity contribution in [3.63, 3.8) is 0 Å². The number of carbonyl (C=O) groups excluding carboxylic acids is 1. The molecule has 2 rings (SSSR count). The number of esters is 1. The molecule has 0 amide bonds. The molecule has 0 aliphatic heterocycles. The van der Waals surface area contributed by atoms with Crippen molar-refractivity contribution < 1.29 is 9.53 Å². The van der Waals surface area contributed by atoms with E-state index in [1.807, 2.05) is 13.1 Å². The Labute approximate surface area is 105 Å². The highest BCUT2D eigenvalue weighted by molar-refractivity contribution is 5.95. The van der Waals surface area contributed by atoms with Crippen molar-refractivity contribution in [1.82, 2.24) is 14.8 Å². The lowest BCUT2D eigenvalue weighted by Crippen LogP contribution is -2.06. The summed E-state index contributed by atoms with van der Waals surface area (Å²) in [6.45, 7) is 2.78. The van der Waals surface area contributed by atoms with Gasteiger partial charge in [0.1, 0.15) is 11.4 Å². The Kier molecular flexibility index (Phi) is 3.57. The fourth-order valence-electron chi connectivity index (χ4n) is 1.52. The van der Waals surface area contributed by atoms with Crippen molar-refractivity contribution in [2.24, 2.45) is 0 Å². The lowest BCUT2D eigenvalue weighted by molar-refractivity contribution is 0.0601. The maximum atomic E-state index is 11.6. The van der Waals surface area contributed by atoms with Crippen molar-refractivity contribution in [2.45, 2.75) is 13.5 Å². The van der Waals surface area contributed by atoms with E-state index in [4.69, 9.17) is 4.74 Å². The summed E-state index contributed by atoms with van der Waals surface area (Å²) in [6, 6.07) is 3.35. The molecule has 0 atom stereocenters. The molecule has 2 aromatic heterocycles. The molecule has 0 aliphatic carbocycles. The number of ether oxygens (including phenoxy) is 1. The lowest BCUT2D eigenvalue weighted by atomic mass is 10.2. The maximum absolute atomic E-state index is 11.6. The van der Waals surface area contributed by atoms with Crippen LogP contribution in [0, 0.1) is 0 Å². The van der Waals surface area contributed by atoms with Crippen LogP contribution in [0.15, 0.2) is 30.7 Å². The molecule has 6 heteroatoms. The van der Waals surface area contributed by atoms with Gasteiger partial charge in [0.2, 0.25) is 0 Å². The smallest absolute Gasteiger partial charge is 0.341 e. The normalized spacial score (nSPS) is 10.1. The molecular formula is C12H14N4O2. The summed E-state index contributed by atoms with van der Waals surface area (Å²) >= 11 is 0. The third kappa shape index (κ3) is 2.48. The highest BCUT2D eigenvalue weighted by Crippen LogP contribution is 2.18. The number of aromatic nitrogens is 3. The van der Waals surface area contributed by atoms with Gasteiger partial charge in [0, 0.05) is 18.9 Å². The zero-order valence-electron chi connectivity index (χ0n) is 10.3. The third-order valence-electron chi connectivity index (χ3n) is 2.43. The molecule has 2 aromatic rings. The van der Waals surface area contributed by atoms with Crippen LogP contribution in [-0.4, -0.2) is 27.8 Å². The van der Waals surface area contributed by atoms with Crippen LogP contribution in [0.1, 0.15) is 17.3 Å². The largest absolute Gasteiger partial charge is 0.465 e. The minimum absolute atomic E-state index is 0.393. The number of aryl methyl sites for hydroxylation is 1. The van der Waals surface area contributed by atoms with Crippen LogP contribution < -0.4 is 5.32 Å². The van der Waals surface area contributed by atoms with Crippen LogP contribution in [-0.2, 0) is 11.3 Å². The molecule has 0 fully saturated rings. The van der Waals surface area contributed by atoms with Gasteiger partial charge in [-0.25, -0.2) is 9.78 Å². The van der Waals surface area contributed by atoms with Crippen LogP contribution in [0.25, 0.3) is 0 Å². The second kappa shape index (κ2) is 5.31. The molecule has 2 heterocycles. The molecule has 0 unspecified atom stereocenters. The number of nitrogens with zero attached hydrogens (tertiary/aromatic N) is 3. The summed E-state index contributed by atoms with van der Waals surface area (Å²) in [6.07, 6.45) is 5.13. The first-order valence-corrected chi connectivity index (χ1v) is 5.57. The van der Waals surface area contributed by atoms with Gasteiger partial charge in [-0.05, 0) is 19.1 Å².